The number of benzene rings is 1. The molecule has 7 heteroatoms. The number of hydrogen-bond acceptors (Lipinski definition) is 5. The van der Waals surface area contributed by atoms with Gasteiger partial charge < -0.3 is 10.5 Å². The van der Waals surface area contributed by atoms with Crippen molar-refractivity contribution in [3.8, 4) is 0 Å². The summed E-state index contributed by atoms with van der Waals surface area (Å²) in [5, 5.41) is 9.43. The van der Waals surface area contributed by atoms with Gasteiger partial charge in [-0.05, 0) is 18.2 Å². The average molecular weight is 261 g/mol. The maximum absolute atomic E-state index is 12.2. The zero-order valence-corrected chi connectivity index (χ0v) is 10.3. The average Bonchev–Trinajstić information content (AvgIpc) is 2.82. The standard InChI is InChI=1S/C12H15N5O2/c13-8-1-2-10-9(7-8)11(15-14-10)12(18)16-17-3-5-19-6-4-17/h1-2,7H,3-6,13H2,(H,14,15)(H,16,18). The highest BCUT2D eigenvalue weighted by Gasteiger charge is 2.18. The number of anilines is 1. The molecule has 7 nitrogen and oxygen atoms in total. The summed E-state index contributed by atoms with van der Waals surface area (Å²) in [6, 6.07) is 5.32. The predicted molar refractivity (Wildman–Crippen MR) is 70.4 cm³/mol. The summed E-state index contributed by atoms with van der Waals surface area (Å²) in [6.45, 7) is 2.59. The lowest BCUT2D eigenvalue weighted by atomic mass is 10.2. The zero-order chi connectivity index (χ0) is 13.2. The molecule has 1 aromatic carbocycles. The molecule has 0 radical (unpaired) electrons. The second kappa shape index (κ2) is 4.87. The third kappa shape index (κ3) is 2.38. The van der Waals surface area contributed by atoms with Gasteiger partial charge in [0.05, 0.1) is 18.7 Å². The van der Waals surface area contributed by atoms with Crippen LogP contribution < -0.4 is 11.2 Å². The van der Waals surface area contributed by atoms with Crippen LogP contribution in [-0.4, -0.2) is 47.4 Å². The number of nitrogens with zero attached hydrogens (tertiary/aromatic N) is 2. The highest BCUT2D eigenvalue weighted by atomic mass is 16.5. The van der Waals surface area contributed by atoms with Crippen molar-refractivity contribution in [2.45, 2.75) is 0 Å². The van der Waals surface area contributed by atoms with Gasteiger partial charge in [-0.2, -0.15) is 5.10 Å². The van der Waals surface area contributed by atoms with Gasteiger partial charge in [0.25, 0.3) is 5.91 Å². The first kappa shape index (κ1) is 11.9. The number of carbonyl (C=O) groups is 1. The van der Waals surface area contributed by atoms with Gasteiger partial charge >= 0.3 is 0 Å². The minimum absolute atomic E-state index is 0.237. The number of rotatable bonds is 2. The van der Waals surface area contributed by atoms with Crippen LogP contribution in [0.15, 0.2) is 18.2 Å². The van der Waals surface area contributed by atoms with Crippen LogP contribution in [-0.2, 0) is 4.74 Å². The Kier molecular flexibility index (Phi) is 3.06. The quantitative estimate of drug-likeness (QED) is 0.667. The first-order valence-electron chi connectivity index (χ1n) is 6.11. The Labute approximate surface area is 109 Å². The Balaban J connectivity index is 1.82. The van der Waals surface area contributed by atoms with Crippen LogP contribution in [0.4, 0.5) is 5.69 Å². The number of hydrazine groups is 1. The van der Waals surface area contributed by atoms with Crippen LogP contribution >= 0.6 is 0 Å². The fraction of sp³-hybridized carbons (Fsp3) is 0.333. The van der Waals surface area contributed by atoms with Crippen LogP contribution in [0.25, 0.3) is 10.9 Å². The molecule has 0 unspecified atom stereocenters. The number of ether oxygens (including phenoxy) is 1. The normalized spacial score (nSPS) is 16.6. The van der Waals surface area contributed by atoms with Crippen LogP contribution in [0.5, 0.6) is 0 Å². The molecule has 1 aromatic heterocycles. The minimum Gasteiger partial charge on any atom is -0.399 e. The number of hydrogen-bond donors (Lipinski definition) is 3. The van der Waals surface area contributed by atoms with Crippen molar-refractivity contribution < 1.29 is 9.53 Å². The van der Waals surface area contributed by atoms with E-state index in [9.17, 15) is 4.79 Å². The van der Waals surface area contributed by atoms with Crippen LogP contribution in [0, 0.1) is 0 Å². The first-order valence-corrected chi connectivity index (χ1v) is 6.11. The molecule has 2 aromatic rings. The van der Waals surface area contributed by atoms with E-state index in [0.717, 1.165) is 10.9 Å². The molecule has 19 heavy (non-hydrogen) atoms. The monoisotopic (exact) mass is 261 g/mol. The molecule has 3 rings (SSSR count). The number of amides is 1. The summed E-state index contributed by atoms with van der Waals surface area (Å²) < 4.78 is 5.23. The lowest BCUT2D eigenvalue weighted by Crippen LogP contribution is -2.48. The second-order valence-electron chi connectivity index (χ2n) is 4.42. The van der Waals surface area contributed by atoms with Gasteiger partial charge in [0.1, 0.15) is 0 Å². The minimum atomic E-state index is -0.237. The molecule has 4 N–H and O–H groups in total. The fourth-order valence-electron chi connectivity index (χ4n) is 2.08. The van der Waals surface area contributed by atoms with Crippen molar-refractivity contribution in [3.63, 3.8) is 0 Å². The number of nitrogens with two attached hydrogens (primary N) is 1. The summed E-state index contributed by atoms with van der Waals surface area (Å²) >= 11 is 0. The van der Waals surface area contributed by atoms with Crippen molar-refractivity contribution in [2.24, 2.45) is 0 Å². The van der Waals surface area contributed by atoms with Gasteiger partial charge in [0, 0.05) is 24.2 Å². The lowest BCUT2D eigenvalue weighted by Gasteiger charge is -2.26. The molecule has 2 heterocycles. The number of nitrogen functional groups attached to an aromatic ring is 1. The Bertz CT molecular complexity index is 603. The van der Waals surface area contributed by atoms with Gasteiger partial charge in [-0.25, -0.2) is 5.01 Å². The molecule has 0 atom stereocenters. The smallest absolute Gasteiger partial charge is 0.286 e. The van der Waals surface area contributed by atoms with Crippen molar-refractivity contribution in [1.29, 1.82) is 0 Å². The highest BCUT2D eigenvalue weighted by Crippen LogP contribution is 2.18. The van der Waals surface area contributed by atoms with E-state index in [1.165, 1.54) is 0 Å². The Morgan fingerprint density at radius 1 is 1.42 bits per heavy atom. The second-order valence-corrected chi connectivity index (χ2v) is 4.42. The van der Waals surface area contributed by atoms with Crippen LogP contribution in [0.1, 0.15) is 10.5 Å². The third-order valence-electron chi connectivity index (χ3n) is 3.07. The Morgan fingerprint density at radius 2 is 2.21 bits per heavy atom. The number of morpholine rings is 1. The van der Waals surface area contributed by atoms with Crippen molar-refractivity contribution in [2.75, 3.05) is 32.0 Å². The van der Waals surface area contributed by atoms with Gasteiger partial charge in [0.15, 0.2) is 5.69 Å². The molecule has 1 saturated heterocycles. The Morgan fingerprint density at radius 3 is 3.00 bits per heavy atom. The molecule has 0 saturated carbocycles. The maximum atomic E-state index is 12.2. The largest absolute Gasteiger partial charge is 0.399 e. The first-order chi connectivity index (χ1) is 9.24. The molecule has 1 aliphatic heterocycles. The number of fused-ring (bicyclic) bond motifs is 1. The van der Waals surface area contributed by atoms with Gasteiger partial charge in [0.2, 0.25) is 0 Å². The summed E-state index contributed by atoms with van der Waals surface area (Å²) in [5.74, 6) is -0.237. The van der Waals surface area contributed by atoms with E-state index in [0.29, 0.717) is 37.7 Å². The molecule has 0 bridgehead atoms. The van der Waals surface area contributed by atoms with Crippen LogP contribution in [0.3, 0.4) is 0 Å². The van der Waals surface area contributed by atoms with E-state index in [1.54, 1.807) is 12.1 Å². The van der Waals surface area contributed by atoms with E-state index in [1.807, 2.05) is 11.1 Å². The van der Waals surface area contributed by atoms with Crippen molar-refractivity contribution >= 4 is 22.5 Å². The molecule has 100 valence electrons. The van der Waals surface area contributed by atoms with E-state index < -0.39 is 0 Å². The maximum Gasteiger partial charge on any atom is 0.286 e. The van der Waals surface area contributed by atoms with E-state index in [4.69, 9.17) is 10.5 Å². The third-order valence-corrected chi connectivity index (χ3v) is 3.07. The van der Waals surface area contributed by atoms with Crippen molar-refractivity contribution in [3.05, 3.63) is 23.9 Å². The molecule has 1 amide bonds. The molecule has 1 aliphatic rings. The number of aromatic amines is 1. The summed E-state index contributed by atoms with van der Waals surface area (Å²) in [7, 11) is 0. The summed E-state index contributed by atoms with van der Waals surface area (Å²) in [6.07, 6.45) is 0. The van der Waals surface area contributed by atoms with E-state index in [-0.39, 0.29) is 5.91 Å². The summed E-state index contributed by atoms with van der Waals surface area (Å²) in [5.41, 5.74) is 10.3. The number of aromatic nitrogens is 2. The van der Waals surface area contributed by atoms with Gasteiger partial charge in [-0.3, -0.25) is 15.3 Å². The number of nitrogens with one attached hydrogen (secondary N) is 2. The lowest BCUT2D eigenvalue weighted by molar-refractivity contribution is 0.0125. The van der Waals surface area contributed by atoms with E-state index in [2.05, 4.69) is 15.6 Å². The molecule has 0 spiro atoms. The van der Waals surface area contributed by atoms with E-state index >= 15 is 0 Å². The predicted octanol–water partition coefficient (Wildman–Crippen LogP) is 0.122. The highest BCUT2D eigenvalue weighted by molar-refractivity contribution is 6.05. The Hall–Kier alpha value is -2.12. The SMILES string of the molecule is Nc1ccc2[nH]nc(C(=O)NN3CCOCC3)c2c1. The molecule has 0 aliphatic carbocycles. The van der Waals surface area contributed by atoms with Crippen LogP contribution in [0.2, 0.25) is 0 Å². The zero-order valence-electron chi connectivity index (χ0n) is 10.3. The topological polar surface area (TPSA) is 96.3 Å². The van der Waals surface area contributed by atoms with Crippen molar-refractivity contribution in [1.82, 2.24) is 20.6 Å². The van der Waals surface area contributed by atoms with Gasteiger partial charge in [-0.1, -0.05) is 0 Å². The molecular formula is C12H15N5O2. The molecular weight excluding hydrogens is 246 g/mol. The molecule has 1 fully saturated rings. The number of H-pyrrole nitrogens is 1. The van der Waals surface area contributed by atoms with Gasteiger partial charge in [-0.15, -0.1) is 0 Å². The fourth-order valence-corrected chi connectivity index (χ4v) is 2.08. The number of carbonyl (C=O) groups excluding carboxylic acids is 1. The summed E-state index contributed by atoms with van der Waals surface area (Å²) in [4.78, 5) is 12.2.